The average Bonchev–Trinajstić information content (AvgIpc) is 3.19. The van der Waals surface area contributed by atoms with E-state index < -0.39 is 0 Å². The molecule has 0 spiro atoms. The summed E-state index contributed by atoms with van der Waals surface area (Å²) in [7, 11) is 0. The molecule has 0 aliphatic carbocycles. The van der Waals surface area contributed by atoms with Gasteiger partial charge in [-0.05, 0) is 30.2 Å². The lowest BCUT2D eigenvalue weighted by Crippen LogP contribution is -2.17. The molecular formula is C21H22N4O2. The molecule has 3 rings (SSSR count). The maximum Gasteiger partial charge on any atom is 0.289 e. The minimum absolute atomic E-state index is 0.332. The molecule has 0 bridgehead atoms. The SMILES string of the molecule is CCCCOc1ccccc1-c1cc(C(=O)N/N=C/c2ccccc2)[nH]n1. The van der Waals surface area contributed by atoms with E-state index >= 15 is 0 Å². The fraction of sp³-hybridized carbons (Fsp3) is 0.190. The molecule has 6 heteroatoms. The highest BCUT2D eigenvalue weighted by atomic mass is 16.5. The van der Waals surface area contributed by atoms with Crippen LogP contribution in [0.2, 0.25) is 0 Å². The number of aromatic nitrogens is 2. The highest BCUT2D eigenvalue weighted by Gasteiger charge is 2.13. The van der Waals surface area contributed by atoms with Crippen LogP contribution in [0.15, 0.2) is 65.8 Å². The number of carbonyl (C=O) groups excluding carboxylic acids is 1. The number of amides is 1. The smallest absolute Gasteiger partial charge is 0.289 e. The summed E-state index contributed by atoms with van der Waals surface area (Å²) in [5.41, 5.74) is 5.23. The van der Waals surface area contributed by atoms with Crippen molar-refractivity contribution in [2.45, 2.75) is 19.8 Å². The Kier molecular flexibility index (Phi) is 6.35. The van der Waals surface area contributed by atoms with Crippen molar-refractivity contribution in [3.63, 3.8) is 0 Å². The van der Waals surface area contributed by atoms with E-state index in [9.17, 15) is 4.79 Å². The fourth-order valence-corrected chi connectivity index (χ4v) is 2.47. The maximum absolute atomic E-state index is 12.2. The normalized spacial score (nSPS) is 10.9. The van der Waals surface area contributed by atoms with Gasteiger partial charge in [0.15, 0.2) is 0 Å². The summed E-state index contributed by atoms with van der Waals surface area (Å²) < 4.78 is 5.84. The predicted molar refractivity (Wildman–Crippen MR) is 106 cm³/mol. The standard InChI is InChI=1S/C21H22N4O2/c1-2-3-13-27-20-12-8-7-11-17(20)18-14-19(24-23-18)21(26)25-22-15-16-9-5-4-6-10-16/h4-12,14-15H,2-3,13H2,1H3,(H,23,24)(H,25,26)/b22-15+. The van der Waals surface area contributed by atoms with Crippen molar-refractivity contribution < 1.29 is 9.53 Å². The summed E-state index contributed by atoms with van der Waals surface area (Å²) >= 11 is 0. The molecule has 3 aromatic rings. The number of aromatic amines is 1. The van der Waals surface area contributed by atoms with Gasteiger partial charge in [0.2, 0.25) is 0 Å². The van der Waals surface area contributed by atoms with Gasteiger partial charge in [-0.25, -0.2) is 5.43 Å². The average molecular weight is 362 g/mol. The van der Waals surface area contributed by atoms with E-state index in [2.05, 4.69) is 27.6 Å². The second kappa shape index (κ2) is 9.33. The van der Waals surface area contributed by atoms with Crippen LogP contribution in [0, 0.1) is 0 Å². The molecule has 0 aliphatic heterocycles. The van der Waals surface area contributed by atoms with Gasteiger partial charge in [0.25, 0.3) is 5.91 Å². The Morgan fingerprint density at radius 2 is 1.96 bits per heavy atom. The van der Waals surface area contributed by atoms with E-state index in [4.69, 9.17) is 4.74 Å². The number of hydrazone groups is 1. The van der Waals surface area contributed by atoms with Gasteiger partial charge >= 0.3 is 0 Å². The van der Waals surface area contributed by atoms with Crippen molar-refractivity contribution in [3.8, 4) is 17.0 Å². The van der Waals surface area contributed by atoms with Gasteiger partial charge in [0.05, 0.1) is 18.5 Å². The van der Waals surface area contributed by atoms with Gasteiger partial charge in [-0.15, -0.1) is 0 Å². The number of para-hydroxylation sites is 1. The first-order valence-corrected chi connectivity index (χ1v) is 8.94. The Hall–Kier alpha value is -3.41. The molecule has 0 unspecified atom stereocenters. The van der Waals surface area contributed by atoms with Crippen molar-refractivity contribution in [3.05, 3.63) is 71.9 Å². The fourth-order valence-electron chi connectivity index (χ4n) is 2.47. The molecule has 1 amide bonds. The Balaban J connectivity index is 1.68. The van der Waals surface area contributed by atoms with Gasteiger partial charge in [-0.3, -0.25) is 9.89 Å². The predicted octanol–water partition coefficient (Wildman–Crippen LogP) is 4.02. The van der Waals surface area contributed by atoms with Crippen LogP contribution >= 0.6 is 0 Å². The second-order valence-corrected chi connectivity index (χ2v) is 5.97. The summed E-state index contributed by atoms with van der Waals surface area (Å²) in [6, 6.07) is 18.9. The van der Waals surface area contributed by atoms with Crippen LogP contribution in [0.4, 0.5) is 0 Å². The van der Waals surface area contributed by atoms with Crippen LogP contribution in [-0.4, -0.2) is 28.9 Å². The minimum atomic E-state index is -0.356. The summed E-state index contributed by atoms with van der Waals surface area (Å²) in [5.74, 6) is 0.400. The van der Waals surface area contributed by atoms with E-state index in [1.54, 1.807) is 12.3 Å². The third-order valence-corrected chi connectivity index (χ3v) is 3.92. The van der Waals surface area contributed by atoms with E-state index in [1.165, 1.54) is 0 Å². The molecule has 0 saturated carbocycles. The zero-order valence-electron chi connectivity index (χ0n) is 15.2. The largest absolute Gasteiger partial charge is 0.493 e. The van der Waals surface area contributed by atoms with Gasteiger partial charge in [0.1, 0.15) is 11.4 Å². The molecule has 0 radical (unpaired) electrons. The third-order valence-electron chi connectivity index (χ3n) is 3.92. The van der Waals surface area contributed by atoms with Crippen LogP contribution in [0.25, 0.3) is 11.3 Å². The van der Waals surface area contributed by atoms with E-state index in [0.717, 1.165) is 29.7 Å². The molecule has 0 atom stereocenters. The molecule has 0 saturated heterocycles. The number of rotatable bonds is 8. The zero-order valence-corrected chi connectivity index (χ0v) is 15.2. The van der Waals surface area contributed by atoms with Crippen LogP contribution in [0.1, 0.15) is 35.8 Å². The molecule has 1 heterocycles. The molecule has 6 nitrogen and oxygen atoms in total. The van der Waals surface area contributed by atoms with Crippen molar-refractivity contribution in [1.29, 1.82) is 0 Å². The van der Waals surface area contributed by atoms with Crippen LogP contribution in [0.3, 0.4) is 0 Å². The lowest BCUT2D eigenvalue weighted by Gasteiger charge is -2.09. The number of benzene rings is 2. The number of unbranched alkanes of at least 4 members (excludes halogenated alkanes) is 1. The van der Waals surface area contributed by atoms with Gasteiger partial charge in [0, 0.05) is 5.56 Å². The number of carbonyl (C=O) groups is 1. The molecule has 1 aromatic heterocycles. The maximum atomic E-state index is 12.2. The Morgan fingerprint density at radius 1 is 1.19 bits per heavy atom. The van der Waals surface area contributed by atoms with Crippen LogP contribution < -0.4 is 10.2 Å². The topological polar surface area (TPSA) is 79.4 Å². The van der Waals surface area contributed by atoms with Gasteiger partial charge in [-0.2, -0.15) is 10.2 Å². The first-order valence-electron chi connectivity index (χ1n) is 8.94. The van der Waals surface area contributed by atoms with Crippen LogP contribution in [-0.2, 0) is 0 Å². The van der Waals surface area contributed by atoms with E-state index in [0.29, 0.717) is 18.0 Å². The Labute approximate surface area is 158 Å². The van der Waals surface area contributed by atoms with Crippen molar-refractivity contribution in [2.75, 3.05) is 6.61 Å². The number of hydrogen-bond donors (Lipinski definition) is 2. The highest BCUT2D eigenvalue weighted by Crippen LogP contribution is 2.28. The summed E-state index contributed by atoms with van der Waals surface area (Å²) in [6.07, 6.45) is 3.65. The van der Waals surface area contributed by atoms with Crippen molar-refractivity contribution in [2.24, 2.45) is 5.10 Å². The lowest BCUT2D eigenvalue weighted by atomic mass is 10.1. The molecule has 138 valence electrons. The van der Waals surface area contributed by atoms with Crippen molar-refractivity contribution >= 4 is 12.1 Å². The number of nitrogens with one attached hydrogen (secondary N) is 2. The Bertz CT molecular complexity index is 903. The summed E-state index contributed by atoms with van der Waals surface area (Å²) in [6.45, 7) is 2.77. The number of H-pyrrole nitrogens is 1. The quantitative estimate of drug-likeness (QED) is 0.361. The molecular weight excluding hydrogens is 340 g/mol. The lowest BCUT2D eigenvalue weighted by molar-refractivity contribution is 0.0950. The second-order valence-electron chi connectivity index (χ2n) is 5.97. The van der Waals surface area contributed by atoms with Crippen LogP contribution in [0.5, 0.6) is 5.75 Å². The number of ether oxygens (including phenoxy) is 1. The number of nitrogens with zero attached hydrogens (tertiary/aromatic N) is 2. The first kappa shape index (κ1) is 18.4. The monoisotopic (exact) mass is 362 g/mol. The highest BCUT2D eigenvalue weighted by molar-refractivity contribution is 5.94. The van der Waals surface area contributed by atoms with Crippen molar-refractivity contribution in [1.82, 2.24) is 15.6 Å². The number of hydrogen-bond acceptors (Lipinski definition) is 4. The van der Waals surface area contributed by atoms with Gasteiger partial charge < -0.3 is 4.74 Å². The third kappa shape index (κ3) is 5.04. The molecule has 2 aromatic carbocycles. The molecule has 27 heavy (non-hydrogen) atoms. The molecule has 0 aliphatic rings. The molecule has 2 N–H and O–H groups in total. The van der Waals surface area contributed by atoms with Gasteiger partial charge in [-0.1, -0.05) is 55.8 Å². The summed E-state index contributed by atoms with van der Waals surface area (Å²) in [4.78, 5) is 12.2. The Morgan fingerprint density at radius 3 is 2.78 bits per heavy atom. The summed E-state index contributed by atoms with van der Waals surface area (Å²) in [5, 5.41) is 11.0. The van der Waals surface area contributed by atoms with E-state index in [-0.39, 0.29) is 5.91 Å². The first-order chi connectivity index (χ1) is 13.3. The van der Waals surface area contributed by atoms with E-state index in [1.807, 2.05) is 54.6 Å². The zero-order chi connectivity index (χ0) is 18.9. The molecule has 0 fully saturated rings. The minimum Gasteiger partial charge on any atom is -0.493 e.